The van der Waals surface area contributed by atoms with Crippen molar-refractivity contribution in [1.82, 2.24) is 10.6 Å². The number of fused-ring (bicyclic) bond motifs is 2. The fraction of sp³-hybridized carbons (Fsp3) is 0.857. The van der Waals surface area contributed by atoms with Gasteiger partial charge in [-0.3, -0.25) is 0 Å². The van der Waals surface area contributed by atoms with E-state index < -0.39 is 24.6 Å². The van der Waals surface area contributed by atoms with Gasteiger partial charge in [-0.15, -0.1) is 0 Å². The summed E-state index contributed by atoms with van der Waals surface area (Å²) in [6.45, 7) is 5.89. The van der Waals surface area contributed by atoms with Gasteiger partial charge >= 0.3 is 12.0 Å². The van der Waals surface area contributed by atoms with Crippen molar-refractivity contribution in [2.24, 2.45) is 16.7 Å². The Morgan fingerprint density at radius 3 is 2.45 bits per heavy atom. The van der Waals surface area contributed by atoms with Crippen LogP contribution in [0.5, 0.6) is 0 Å². The van der Waals surface area contributed by atoms with Gasteiger partial charge in [-0.05, 0) is 36.0 Å². The fourth-order valence-electron chi connectivity index (χ4n) is 4.18. The van der Waals surface area contributed by atoms with Gasteiger partial charge in [-0.25, -0.2) is 9.59 Å². The highest BCUT2D eigenvalue weighted by atomic mass is 16.4. The summed E-state index contributed by atoms with van der Waals surface area (Å²) in [5.41, 5.74) is 0.103. The molecule has 4 atom stereocenters. The smallest absolute Gasteiger partial charge is 0.328 e. The Labute approximate surface area is 118 Å². The number of carboxylic acids is 1. The molecule has 0 aromatic heterocycles. The van der Waals surface area contributed by atoms with Crippen LogP contribution in [0.3, 0.4) is 0 Å². The molecular formula is C14H24N2O4. The molecule has 4 N–H and O–H groups in total. The van der Waals surface area contributed by atoms with Crippen LogP contribution in [0.15, 0.2) is 0 Å². The summed E-state index contributed by atoms with van der Waals surface area (Å²) in [6, 6.07) is -1.75. The summed E-state index contributed by atoms with van der Waals surface area (Å²) >= 11 is 0. The molecule has 6 nitrogen and oxygen atoms in total. The number of carboxylic acid groups (broad SMARTS) is 1. The van der Waals surface area contributed by atoms with Gasteiger partial charge in [0.1, 0.15) is 0 Å². The Balaban J connectivity index is 2.02. The Morgan fingerprint density at radius 2 is 2.00 bits per heavy atom. The summed E-state index contributed by atoms with van der Waals surface area (Å²) in [7, 11) is 0. The molecule has 114 valence electrons. The molecule has 3 unspecified atom stereocenters. The zero-order valence-corrected chi connectivity index (χ0v) is 12.3. The number of nitrogens with one attached hydrogen (secondary N) is 2. The molecule has 20 heavy (non-hydrogen) atoms. The summed E-state index contributed by atoms with van der Waals surface area (Å²) < 4.78 is 0. The highest BCUT2D eigenvalue weighted by Crippen LogP contribution is 2.62. The third-order valence-electron chi connectivity index (χ3n) is 5.33. The number of aliphatic carboxylic acids is 1. The van der Waals surface area contributed by atoms with Crippen LogP contribution in [0.25, 0.3) is 0 Å². The number of carbonyl (C=O) groups is 2. The van der Waals surface area contributed by atoms with Gasteiger partial charge in [0.25, 0.3) is 0 Å². The third kappa shape index (κ3) is 2.37. The maximum absolute atomic E-state index is 12.0. The maximum Gasteiger partial charge on any atom is 0.328 e. The van der Waals surface area contributed by atoms with Crippen molar-refractivity contribution in [2.75, 3.05) is 6.61 Å². The lowest BCUT2D eigenvalue weighted by molar-refractivity contribution is -0.140. The van der Waals surface area contributed by atoms with E-state index in [1.54, 1.807) is 0 Å². The number of carbonyl (C=O) groups excluding carboxylic acids is 1. The van der Waals surface area contributed by atoms with E-state index >= 15 is 0 Å². The first-order valence-corrected chi connectivity index (χ1v) is 7.11. The van der Waals surface area contributed by atoms with Gasteiger partial charge < -0.3 is 20.8 Å². The number of urea groups is 1. The number of hydrogen-bond donors (Lipinski definition) is 4. The molecule has 2 aliphatic rings. The van der Waals surface area contributed by atoms with Crippen molar-refractivity contribution < 1.29 is 19.8 Å². The molecule has 2 fully saturated rings. The molecule has 2 amide bonds. The Morgan fingerprint density at radius 1 is 1.35 bits per heavy atom. The first kappa shape index (κ1) is 15.1. The molecule has 2 rings (SSSR count). The first-order valence-electron chi connectivity index (χ1n) is 7.11. The normalized spacial score (nSPS) is 35.6. The second-order valence-electron chi connectivity index (χ2n) is 7.04. The van der Waals surface area contributed by atoms with Crippen LogP contribution in [0, 0.1) is 16.7 Å². The molecule has 0 radical (unpaired) electrons. The number of amides is 2. The van der Waals surface area contributed by atoms with Gasteiger partial charge in [0.2, 0.25) is 0 Å². The topological polar surface area (TPSA) is 98.7 Å². The van der Waals surface area contributed by atoms with Gasteiger partial charge in [-0.1, -0.05) is 20.8 Å². The van der Waals surface area contributed by atoms with E-state index in [9.17, 15) is 9.59 Å². The van der Waals surface area contributed by atoms with Crippen molar-refractivity contribution in [2.45, 2.75) is 52.1 Å². The number of aliphatic hydroxyl groups is 1. The quantitative estimate of drug-likeness (QED) is 0.617. The average molecular weight is 284 g/mol. The van der Waals surface area contributed by atoms with E-state index in [-0.39, 0.29) is 16.9 Å². The van der Waals surface area contributed by atoms with E-state index in [4.69, 9.17) is 10.2 Å². The van der Waals surface area contributed by atoms with Crippen LogP contribution in [-0.4, -0.2) is 40.9 Å². The molecule has 0 aromatic rings. The molecule has 0 heterocycles. The molecule has 0 saturated heterocycles. The molecule has 2 saturated carbocycles. The average Bonchev–Trinajstić information content (AvgIpc) is 2.82. The molecule has 2 aliphatic carbocycles. The van der Waals surface area contributed by atoms with E-state index in [0.717, 1.165) is 12.8 Å². The number of hydrogen-bond acceptors (Lipinski definition) is 3. The predicted molar refractivity (Wildman–Crippen MR) is 73.2 cm³/mol. The predicted octanol–water partition coefficient (Wildman–Crippen LogP) is 0.946. The van der Waals surface area contributed by atoms with E-state index in [1.165, 1.54) is 6.42 Å². The molecule has 6 heteroatoms. The minimum Gasteiger partial charge on any atom is -0.480 e. The van der Waals surface area contributed by atoms with E-state index in [0.29, 0.717) is 5.92 Å². The summed E-state index contributed by atoms with van der Waals surface area (Å²) in [5.74, 6) is -0.632. The van der Waals surface area contributed by atoms with E-state index in [2.05, 4.69) is 31.4 Å². The van der Waals surface area contributed by atoms with Crippen molar-refractivity contribution in [3.8, 4) is 0 Å². The highest BCUT2D eigenvalue weighted by Gasteiger charge is 2.59. The van der Waals surface area contributed by atoms with E-state index in [1.807, 2.05) is 0 Å². The Bertz CT molecular complexity index is 419. The molecule has 0 spiro atoms. The molecular weight excluding hydrogens is 260 g/mol. The molecule has 2 bridgehead atoms. The lowest BCUT2D eigenvalue weighted by Crippen LogP contribution is -2.57. The van der Waals surface area contributed by atoms with Crippen molar-refractivity contribution in [1.29, 1.82) is 0 Å². The lowest BCUT2D eigenvalue weighted by Gasteiger charge is -2.43. The third-order valence-corrected chi connectivity index (χ3v) is 5.33. The largest absolute Gasteiger partial charge is 0.480 e. The van der Waals surface area contributed by atoms with Crippen LogP contribution in [0.2, 0.25) is 0 Å². The summed E-state index contributed by atoms with van der Waals surface area (Å²) in [6.07, 6.45) is 3.39. The van der Waals surface area contributed by atoms with Crippen molar-refractivity contribution in [3.63, 3.8) is 0 Å². The van der Waals surface area contributed by atoms with Crippen LogP contribution in [-0.2, 0) is 4.79 Å². The minimum absolute atomic E-state index is 0.0161. The monoisotopic (exact) mass is 284 g/mol. The minimum atomic E-state index is -1.26. The van der Waals surface area contributed by atoms with Crippen molar-refractivity contribution >= 4 is 12.0 Å². The SMILES string of the molecule is CC12CCC(C1)C(C)(C)C2NC(=O)N[C@@H](CO)C(=O)O. The standard InChI is InChI=1S/C14H24N2O4/c1-13(2)8-4-5-14(3,6-8)11(13)16-12(20)15-9(7-17)10(18)19/h8-9,11,17H,4-7H2,1-3H3,(H,18,19)(H2,15,16,20)/t8?,9-,11?,14?/m0/s1. The van der Waals surface area contributed by atoms with Gasteiger partial charge in [0, 0.05) is 6.04 Å². The number of rotatable bonds is 4. The zero-order chi connectivity index (χ0) is 15.1. The first-order chi connectivity index (χ1) is 9.20. The highest BCUT2D eigenvalue weighted by molar-refractivity contribution is 5.82. The maximum atomic E-state index is 12.0. The van der Waals surface area contributed by atoms with Gasteiger partial charge in [0.15, 0.2) is 6.04 Å². The lowest BCUT2D eigenvalue weighted by atomic mass is 9.68. The van der Waals surface area contributed by atoms with Crippen LogP contribution < -0.4 is 10.6 Å². The Hall–Kier alpha value is -1.30. The van der Waals surface area contributed by atoms with Gasteiger partial charge in [0.05, 0.1) is 6.61 Å². The molecule has 0 aromatic carbocycles. The summed E-state index contributed by atoms with van der Waals surface area (Å²) in [5, 5.41) is 23.0. The van der Waals surface area contributed by atoms with Gasteiger partial charge in [-0.2, -0.15) is 0 Å². The fourth-order valence-corrected chi connectivity index (χ4v) is 4.18. The Kier molecular flexibility index (Phi) is 3.71. The zero-order valence-electron chi connectivity index (χ0n) is 12.3. The summed E-state index contributed by atoms with van der Waals surface area (Å²) in [4.78, 5) is 22.8. The number of aliphatic hydroxyl groups excluding tert-OH is 1. The van der Waals surface area contributed by atoms with Crippen LogP contribution in [0.4, 0.5) is 4.79 Å². The van der Waals surface area contributed by atoms with Crippen LogP contribution in [0.1, 0.15) is 40.0 Å². The second kappa shape index (κ2) is 4.91. The second-order valence-corrected chi connectivity index (χ2v) is 7.04. The van der Waals surface area contributed by atoms with Crippen molar-refractivity contribution in [3.05, 3.63) is 0 Å². The molecule has 0 aliphatic heterocycles. The van der Waals surface area contributed by atoms with Crippen LogP contribution >= 0.6 is 0 Å².